The molecule has 2 amide bonds. The predicted molar refractivity (Wildman–Crippen MR) is 120 cm³/mol. The lowest BCUT2D eigenvalue weighted by Crippen LogP contribution is -2.38. The molecular formula is C21H29N5O5S. The second-order valence-corrected chi connectivity index (χ2v) is 9.40. The minimum absolute atomic E-state index is 0.0226. The molecule has 1 saturated heterocycles. The molecule has 0 unspecified atom stereocenters. The SMILES string of the molecule is CNS(=O)(=O)c1cc(C(=O)NCc2cccc(NC(=O)CCN3CCOCC3)c2)n(C)c1. The number of rotatable bonds is 9. The van der Waals surface area contributed by atoms with Crippen molar-refractivity contribution in [3.05, 3.63) is 47.8 Å². The molecule has 3 N–H and O–H groups in total. The van der Waals surface area contributed by atoms with Gasteiger partial charge in [0, 0.05) is 51.5 Å². The number of carbonyl (C=O) groups is 2. The first-order valence-corrected chi connectivity index (χ1v) is 11.8. The first kappa shape index (κ1) is 23.9. The average Bonchev–Trinajstić information content (AvgIpc) is 3.19. The number of morpholine rings is 1. The molecular weight excluding hydrogens is 434 g/mol. The molecule has 0 bridgehead atoms. The van der Waals surface area contributed by atoms with Gasteiger partial charge in [0.2, 0.25) is 15.9 Å². The zero-order valence-corrected chi connectivity index (χ0v) is 19.1. The van der Waals surface area contributed by atoms with Crippen molar-refractivity contribution in [2.75, 3.05) is 45.2 Å². The molecule has 11 heteroatoms. The molecule has 0 radical (unpaired) electrons. The van der Waals surface area contributed by atoms with E-state index in [0.29, 0.717) is 31.9 Å². The van der Waals surface area contributed by atoms with Crippen molar-refractivity contribution in [2.24, 2.45) is 7.05 Å². The largest absolute Gasteiger partial charge is 0.379 e. The molecule has 0 atom stereocenters. The van der Waals surface area contributed by atoms with Crippen LogP contribution in [0.5, 0.6) is 0 Å². The van der Waals surface area contributed by atoms with Gasteiger partial charge in [0.05, 0.1) is 13.2 Å². The van der Waals surface area contributed by atoms with E-state index in [1.807, 2.05) is 6.07 Å². The highest BCUT2D eigenvalue weighted by molar-refractivity contribution is 7.89. The number of sulfonamides is 1. The van der Waals surface area contributed by atoms with Crippen LogP contribution in [-0.4, -0.2) is 69.6 Å². The van der Waals surface area contributed by atoms with Gasteiger partial charge in [0.25, 0.3) is 5.91 Å². The van der Waals surface area contributed by atoms with Crippen molar-refractivity contribution in [3.63, 3.8) is 0 Å². The number of aromatic nitrogens is 1. The van der Waals surface area contributed by atoms with Crippen molar-refractivity contribution in [3.8, 4) is 0 Å². The van der Waals surface area contributed by atoms with E-state index in [-0.39, 0.29) is 23.0 Å². The lowest BCUT2D eigenvalue weighted by atomic mass is 10.2. The van der Waals surface area contributed by atoms with Crippen LogP contribution in [0.1, 0.15) is 22.5 Å². The number of nitrogens with zero attached hydrogens (tertiary/aromatic N) is 2. The summed E-state index contributed by atoms with van der Waals surface area (Å²) in [5, 5.41) is 5.67. The number of amides is 2. The Morgan fingerprint density at radius 1 is 1.16 bits per heavy atom. The molecule has 32 heavy (non-hydrogen) atoms. The van der Waals surface area contributed by atoms with Gasteiger partial charge in [-0.3, -0.25) is 14.5 Å². The number of aryl methyl sites for hydroxylation is 1. The van der Waals surface area contributed by atoms with Gasteiger partial charge in [0.1, 0.15) is 10.6 Å². The fourth-order valence-electron chi connectivity index (χ4n) is 3.36. The van der Waals surface area contributed by atoms with Crippen LogP contribution >= 0.6 is 0 Å². The van der Waals surface area contributed by atoms with Gasteiger partial charge in [-0.05, 0) is 30.8 Å². The van der Waals surface area contributed by atoms with E-state index in [1.165, 1.54) is 23.9 Å². The van der Waals surface area contributed by atoms with Gasteiger partial charge in [-0.25, -0.2) is 13.1 Å². The van der Waals surface area contributed by atoms with Crippen molar-refractivity contribution in [1.29, 1.82) is 0 Å². The number of hydrogen-bond donors (Lipinski definition) is 3. The maximum Gasteiger partial charge on any atom is 0.268 e. The molecule has 0 saturated carbocycles. The highest BCUT2D eigenvalue weighted by Crippen LogP contribution is 2.14. The molecule has 1 aromatic heterocycles. The summed E-state index contributed by atoms with van der Waals surface area (Å²) >= 11 is 0. The third-order valence-electron chi connectivity index (χ3n) is 5.21. The van der Waals surface area contributed by atoms with Gasteiger partial charge in [0.15, 0.2) is 0 Å². The van der Waals surface area contributed by atoms with Crippen LogP contribution in [0.25, 0.3) is 0 Å². The van der Waals surface area contributed by atoms with Gasteiger partial charge in [-0.2, -0.15) is 0 Å². The number of benzene rings is 1. The second kappa shape index (κ2) is 10.7. The Kier molecular flexibility index (Phi) is 8.02. The summed E-state index contributed by atoms with van der Waals surface area (Å²) in [5.74, 6) is -0.468. The molecule has 10 nitrogen and oxygen atoms in total. The molecule has 1 aliphatic rings. The van der Waals surface area contributed by atoms with E-state index in [0.717, 1.165) is 18.7 Å². The van der Waals surface area contributed by atoms with Crippen molar-refractivity contribution < 1.29 is 22.7 Å². The summed E-state index contributed by atoms with van der Waals surface area (Å²) in [7, 11) is -0.706. The lowest BCUT2D eigenvalue weighted by Gasteiger charge is -2.26. The summed E-state index contributed by atoms with van der Waals surface area (Å²) in [6, 6.07) is 8.57. The minimum Gasteiger partial charge on any atom is -0.379 e. The van der Waals surface area contributed by atoms with Gasteiger partial charge in [-0.1, -0.05) is 12.1 Å². The first-order chi connectivity index (χ1) is 15.3. The maximum absolute atomic E-state index is 12.5. The Morgan fingerprint density at radius 2 is 1.91 bits per heavy atom. The summed E-state index contributed by atoms with van der Waals surface area (Å²) in [4.78, 5) is 27.0. The normalized spacial score (nSPS) is 14.8. The Hall–Kier alpha value is -2.73. The predicted octanol–water partition coefficient (Wildman–Crippen LogP) is 0.524. The molecule has 1 aromatic carbocycles. The van der Waals surface area contributed by atoms with Crippen LogP contribution in [0.2, 0.25) is 0 Å². The smallest absolute Gasteiger partial charge is 0.268 e. The fourth-order valence-corrected chi connectivity index (χ4v) is 4.16. The number of hydrogen-bond acceptors (Lipinski definition) is 6. The average molecular weight is 464 g/mol. The molecule has 174 valence electrons. The van der Waals surface area contributed by atoms with Crippen molar-refractivity contribution >= 4 is 27.5 Å². The highest BCUT2D eigenvalue weighted by Gasteiger charge is 2.19. The Morgan fingerprint density at radius 3 is 2.62 bits per heavy atom. The molecule has 1 fully saturated rings. The van der Waals surface area contributed by atoms with E-state index in [2.05, 4.69) is 20.3 Å². The number of anilines is 1. The van der Waals surface area contributed by atoms with E-state index in [1.54, 1.807) is 25.2 Å². The quantitative estimate of drug-likeness (QED) is 0.499. The maximum atomic E-state index is 12.5. The molecule has 1 aliphatic heterocycles. The lowest BCUT2D eigenvalue weighted by molar-refractivity contribution is -0.116. The Labute approximate surface area is 188 Å². The monoisotopic (exact) mass is 463 g/mol. The third kappa shape index (κ3) is 6.39. The van der Waals surface area contributed by atoms with E-state index >= 15 is 0 Å². The number of carbonyl (C=O) groups excluding carboxylic acids is 2. The zero-order chi connectivity index (χ0) is 23.1. The second-order valence-electron chi connectivity index (χ2n) is 7.51. The van der Waals surface area contributed by atoms with Crippen LogP contribution in [0.3, 0.4) is 0 Å². The molecule has 3 rings (SSSR count). The minimum atomic E-state index is -3.63. The molecule has 2 heterocycles. The Balaban J connectivity index is 1.53. The zero-order valence-electron chi connectivity index (χ0n) is 18.3. The standard InChI is InChI=1S/C21H29N5O5S/c1-22-32(29,30)18-13-19(25(2)15-18)21(28)23-14-16-4-3-5-17(12-16)24-20(27)6-7-26-8-10-31-11-9-26/h3-5,12-13,15,22H,6-11,14H2,1-2H3,(H,23,28)(H,24,27). The molecule has 0 aliphatic carbocycles. The van der Waals surface area contributed by atoms with Crippen LogP contribution in [0.15, 0.2) is 41.4 Å². The topological polar surface area (TPSA) is 122 Å². The van der Waals surface area contributed by atoms with E-state index in [9.17, 15) is 18.0 Å². The summed E-state index contributed by atoms with van der Waals surface area (Å²) in [6.07, 6.45) is 1.78. The van der Waals surface area contributed by atoms with Gasteiger partial charge >= 0.3 is 0 Å². The molecule has 2 aromatic rings. The van der Waals surface area contributed by atoms with Crippen molar-refractivity contribution in [2.45, 2.75) is 17.9 Å². The van der Waals surface area contributed by atoms with Crippen LogP contribution in [0.4, 0.5) is 5.69 Å². The van der Waals surface area contributed by atoms with Crippen LogP contribution < -0.4 is 15.4 Å². The molecule has 0 spiro atoms. The highest BCUT2D eigenvalue weighted by atomic mass is 32.2. The number of ether oxygens (including phenoxy) is 1. The summed E-state index contributed by atoms with van der Waals surface area (Å²) < 4.78 is 32.9. The van der Waals surface area contributed by atoms with Gasteiger partial charge in [-0.15, -0.1) is 0 Å². The van der Waals surface area contributed by atoms with Crippen LogP contribution in [0, 0.1) is 0 Å². The van der Waals surface area contributed by atoms with Crippen molar-refractivity contribution in [1.82, 2.24) is 19.5 Å². The summed E-state index contributed by atoms with van der Waals surface area (Å²) in [6.45, 7) is 4.00. The summed E-state index contributed by atoms with van der Waals surface area (Å²) in [5.41, 5.74) is 1.69. The van der Waals surface area contributed by atoms with E-state index < -0.39 is 15.9 Å². The number of nitrogens with one attached hydrogen (secondary N) is 3. The fraction of sp³-hybridized carbons (Fsp3) is 0.429. The van der Waals surface area contributed by atoms with Crippen LogP contribution in [-0.2, 0) is 33.1 Å². The first-order valence-electron chi connectivity index (χ1n) is 10.4. The Bertz CT molecular complexity index is 1060. The van der Waals surface area contributed by atoms with E-state index in [4.69, 9.17) is 4.74 Å². The van der Waals surface area contributed by atoms with Gasteiger partial charge < -0.3 is 19.9 Å². The third-order valence-corrected chi connectivity index (χ3v) is 6.60.